The van der Waals surface area contributed by atoms with Crippen molar-refractivity contribution in [2.45, 2.75) is 38.5 Å². The minimum absolute atomic E-state index is 0.0554. The summed E-state index contributed by atoms with van der Waals surface area (Å²) in [7, 11) is 0. The summed E-state index contributed by atoms with van der Waals surface area (Å²) in [6.07, 6.45) is 4.07. The van der Waals surface area contributed by atoms with Crippen LogP contribution < -0.4 is 5.32 Å². The Morgan fingerprint density at radius 2 is 1.53 bits per heavy atom. The molecule has 1 aliphatic rings. The lowest BCUT2D eigenvalue weighted by molar-refractivity contribution is -0.116. The summed E-state index contributed by atoms with van der Waals surface area (Å²) >= 11 is 0. The van der Waals surface area contributed by atoms with Crippen LogP contribution in [0.5, 0.6) is 5.75 Å². The Morgan fingerprint density at radius 1 is 0.824 bits per heavy atom. The number of fused-ring (bicyclic) bond motifs is 3. The van der Waals surface area contributed by atoms with Gasteiger partial charge in [0.1, 0.15) is 5.75 Å². The number of hydrogen-bond donors (Lipinski definition) is 2. The predicted octanol–water partition coefficient (Wildman–Crippen LogP) is 5.30. The van der Waals surface area contributed by atoms with E-state index in [4.69, 9.17) is 9.97 Å². The number of benzene rings is 3. The lowest BCUT2D eigenvalue weighted by Crippen LogP contribution is -2.19. The summed E-state index contributed by atoms with van der Waals surface area (Å²) in [4.78, 5) is 22.7. The number of amides is 1. The molecule has 1 heterocycles. The molecule has 1 aromatic heterocycles. The largest absolute Gasteiger partial charge is 0.508 e. The van der Waals surface area contributed by atoms with Crippen molar-refractivity contribution in [1.29, 1.82) is 0 Å². The summed E-state index contributed by atoms with van der Waals surface area (Å²) in [6.45, 7) is 0. The normalized spacial score (nSPS) is 12.0. The summed E-state index contributed by atoms with van der Waals surface area (Å²) < 4.78 is 0. The van der Waals surface area contributed by atoms with Gasteiger partial charge < -0.3 is 10.4 Å². The van der Waals surface area contributed by atoms with E-state index < -0.39 is 0 Å². The van der Waals surface area contributed by atoms with E-state index in [1.807, 2.05) is 60.7 Å². The van der Waals surface area contributed by atoms with Crippen LogP contribution in [0.15, 0.2) is 78.9 Å². The minimum Gasteiger partial charge on any atom is -0.508 e. The van der Waals surface area contributed by atoms with Gasteiger partial charge in [0.15, 0.2) is 5.82 Å². The van der Waals surface area contributed by atoms with Crippen molar-refractivity contribution in [3.8, 4) is 17.0 Å². The maximum Gasteiger partial charge on any atom is 0.225 e. The SMILES string of the molecule is O=C(CCc1ccccc1)Nc1nc2c(nc1CCc1ccccc1)-c1ccc(O)cc1CC2. The zero-order valence-electron chi connectivity index (χ0n) is 19.0. The lowest BCUT2D eigenvalue weighted by atomic mass is 9.91. The van der Waals surface area contributed by atoms with E-state index in [0.717, 1.165) is 53.0 Å². The fourth-order valence-electron chi connectivity index (χ4n) is 4.44. The summed E-state index contributed by atoms with van der Waals surface area (Å²) in [5, 5.41) is 12.9. The fourth-order valence-corrected chi connectivity index (χ4v) is 4.44. The molecule has 2 N–H and O–H groups in total. The molecule has 0 saturated carbocycles. The molecular weight excluding hydrogens is 422 g/mol. The minimum atomic E-state index is -0.0554. The Kier molecular flexibility index (Phi) is 6.34. The Labute approximate surface area is 199 Å². The molecule has 3 aromatic carbocycles. The van der Waals surface area contributed by atoms with Crippen LogP contribution in [0.1, 0.15) is 34.5 Å². The first kappa shape index (κ1) is 21.8. The lowest BCUT2D eigenvalue weighted by Gasteiger charge is -2.21. The third-order valence-corrected chi connectivity index (χ3v) is 6.25. The number of rotatable bonds is 7. The Balaban J connectivity index is 1.42. The van der Waals surface area contributed by atoms with Gasteiger partial charge in [0, 0.05) is 12.0 Å². The van der Waals surface area contributed by atoms with Crippen molar-refractivity contribution in [2.24, 2.45) is 0 Å². The summed E-state index contributed by atoms with van der Waals surface area (Å²) in [5.41, 5.74) is 6.97. The molecule has 0 radical (unpaired) electrons. The standard InChI is InChI=1S/C29H27N3O2/c33-23-14-15-24-22(19-23)13-17-25-28(24)30-26(16-11-20-7-3-1-4-8-20)29(31-25)32-27(34)18-12-21-9-5-2-6-10-21/h1-10,14-15,19,33H,11-13,16-18H2,(H,31,32,34). The first-order valence-electron chi connectivity index (χ1n) is 11.8. The molecular formula is C29H27N3O2. The van der Waals surface area contributed by atoms with Gasteiger partial charge in [-0.2, -0.15) is 0 Å². The second kappa shape index (κ2) is 9.87. The number of aryl methyl sites for hydroxylation is 5. The van der Waals surface area contributed by atoms with Gasteiger partial charge >= 0.3 is 0 Å². The number of carbonyl (C=O) groups is 1. The number of aromatic hydroxyl groups is 1. The predicted molar refractivity (Wildman–Crippen MR) is 134 cm³/mol. The number of phenols is 1. The number of carbonyl (C=O) groups excluding carboxylic acids is 1. The van der Waals surface area contributed by atoms with E-state index in [1.165, 1.54) is 5.56 Å². The summed E-state index contributed by atoms with van der Waals surface area (Å²) in [5.74, 6) is 0.775. The van der Waals surface area contributed by atoms with E-state index in [1.54, 1.807) is 6.07 Å². The zero-order valence-corrected chi connectivity index (χ0v) is 19.0. The number of hydrogen-bond acceptors (Lipinski definition) is 4. The number of nitrogens with one attached hydrogen (secondary N) is 1. The van der Waals surface area contributed by atoms with Crippen LogP contribution in [-0.4, -0.2) is 21.0 Å². The molecule has 0 bridgehead atoms. The molecule has 34 heavy (non-hydrogen) atoms. The molecule has 0 unspecified atom stereocenters. The molecule has 0 fully saturated rings. The van der Waals surface area contributed by atoms with E-state index in [2.05, 4.69) is 17.4 Å². The van der Waals surface area contributed by atoms with Crippen LogP contribution >= 0.6 is 0 Å². The molecule has 0 aliphatic heterocycles. The topological polar surface area (TPSA) is 75.1 Å². The molecule has 4 aromatic rings. The number of nitrogens with zero attached hydrogens (tertiary/aromatic N) is 2. The molecule has 0 saturated heterocycles. The van der Waals surface area contributed by atoms with Crippen molar-refractivity contribution < 1.29 is 9.90 Å². The molecule has 1 amide bonds. The van der Waals surface area contributed by atoms with E-state index in [0.29, 0.717) is 25.1 Å². The van der Waals surface area contributed by atoms with Crippen LogP contribution in [0, 0.1) is 0 Å². The maximum atomic E-state index is 12.8. The average molecular weight is 450 g/mol. The molecule has 5 rings (SSSR count). The van der Waals surface area contributed by atoms with Crippen molar-refractivity contribution in [2.75, 3.05) is 5.32 Å². The van der Waals surface area contributed by atoms with E-state index >= 15 is 0 Å². The first-order valence-corrected chi connectivity index (χ1v) is 11.8. The molecule has 5 heteroatoms. The second-order valence-corrected chi connectivity index (χ2v) is 8.68. The fraction of sp³-hybridized carbons (Fsp3) is 0.207. The number of phenolic OH excluding ortho intramolecular Hbond substituents is 1. The van der Waals surface area contributed by atoms with Crippen LogP contribution in [0.4, 0.5) is 5.82 Å². The van der Waals surface area contributed by atoms with Gasteiger partial charge in [-0.25, -0.2) is 9.97 Å². The highest BCUT2D eigenvalue weighted by molar-refractivity contribution is 5.90. The van der Waals surface area contributed by atoms with Crippen LogP contribution in [0.3, 0.4) is 0 Å². The smallest absolute Gasteiger partial charge is 0.225 e. The third kappa shape index (κ3) is 4.99. The van der Waals surface area contributed by atoms with Gasteiger partial charge in [0.05, 0.1) is 17.1 Å². The van der Waals surface area contributed by atoms with E-state index in [9.17, 15) is 9.90 Å². The third-order valence-electron chi connectivity index (χ3n) is 6.25. The van der Waals surface area contributed by atoms with Crippen molar-refractivity contribution in [3.63, 3.8) is 0 Å². The van der Waals surface area contributed by atoms with Gasteiger partial charge in [-0.1, -0.05) is 60.7 Å². The molecule has 5 nitrogen and oxygen atoms in total. The van der Waals surface area contributed by atoms with Gasteiger partial charge in [-0.3, -0.25) is 4.79 Å². The second-order valence-electron chi connectivity index (χ2n) is 8.68. The van der Waals surface area contributed by atoms with Crippen LogP contribution in [0.25, 0.3) is 11.3 Å². The molecule has 1 aliphatic carbocycles. The quantitative estimate of drug-likeness (QED) is 0.401. The Bertz CT molecular complexity index is 1300. The Morgan fingerprint density at radius 3 is 2.26 bits per heavy atom. The molecule has 170 valence electrons. The highest BCUT2D eigenvalue weighted by Gasteiger charge is 2.22. The van der Waals surface area contributed by atoms with Gasteiger partial charge in [-0.05, 0) is 67.0 Å². The highest BCUT2D eigenvalue weighted by Crippen LogP contribution is 2.34. The van der Waals surface area contributed by atoms with Crippen LogP contribution in [-0.2, 0) is 36.9 Å². The van der Waals surface area contributed by atoms with Gasteiger partial charge in [-0.15, -0.1) is 0 Å². The first-order chi connectivity index (χ1) is 16.7. The summed E-state index contributed by atoms with van der Waals surface area (Å²) in [6, 6.07) is 25.7. The molecule has 0 atom stereocenters. The monoisotopic (exact) mass is 449 g/mol. The van der Waals surface area contributed by atoms with Crippen molar-refractivity contribution >= 4 is 11.7 Å². The van der Waals surface area contributed by atoms with Crippen molar-refractivity contribution in [3.05, 3.63) is 107 Å². The van der Waals surface area contributed by atoms with Gasteiger partial charge in [0.25, 0.3) is 0 Å². The number of aromatic nitrogens is 2. The highest BCUT2D eigenvalue weighted by atomic mass is 16.3. The number of anilines is 1. The zero-order chi connectivity index (χ0) is 23.3. The van der Waals surface area contributed by atoms with Crippen LogP contribution in [0.2, 0.25) is 0 Å². The average Bonchev–Trinajstić information content (AvgIpc) is 2.87. The van der Waals surface area contributed by atoms with Gasteiger partial charge in [0.2, 0.25) is 5.91 Å². The Hall–Kier alpha value is -3.99. The maximum absolute atomic E-state index is 12.8. The molecule has 0 spiro atoms. The van der Waals surface area contributed by atoms with E-state index in [-0.39, 0.29) is 11.7 Å². The van der Waals surface area contributed by atoms with Crippen molar-refractivity contribution in [1.82, 2.24) is 9.97 Å².